The molecule has 112 valence electrons. The quantitative estimate of drug-likeness (QED) is 0.896. The second kappa shape index (κ2) is 6.57. The fourth-order valence-corrected chi connectivity index (χ4v) is 2.98. The van der Waals surface area contributed by atoms with Gasteiger partial charge < -0.3 is 9.88 Å². The number of nitrogens with one attached hydrogen (secondary N) is 1. The van der Waals surface area contributed by atoms with Gasteiger partial charge in [-0.1, -0.05) is 20.8 Å². The molecule has 1 aromatic heterocycles. The lowest BCUT2D eigenvalue weighted by molar-refractivity contribution is 0.468. The summed E-state index contributed by atoms with van der Waals surface area (Å²) >= 11 is 0. The monoisotopic (exact) mass is 276 g/mol. The zero-order chi connectivity index (χ0) is 14.7. The lowest BCUT2D eigenvalue weighted by Crippen LogP contribution is -2.34. The van der Waals surface area contributed by atoms with Gasteiger partial charge in [-0.3, -0.25) is 4.79 Å². The summed E-state index contributed by atoms with van der Waals surface area (Å²) in [6.45, 7) is 9.23. The van der Waals surface area contributed by atoms with Gasteiger partial charge in [-0.15, -0.1) is 0 Å². The molecule has 0 saturated heterocycles. The van der Waals surface area contributed by atoms with Crippen molar-refractivity contribution in [2.24, 2.45) is 0 Å². The normalized spacial score (nSPS) is 16.2. The van der Waals surface area contributed by atoms with E-state index in [1.807, 2.05) is 0 Å². The van der Waals surface area contributed by atoms with E-state index in [0.29, 0.717) is 18.6 Å². The molecule has 1 atom stereocenters. The average Bonchev–Trinajstić information content (AvgIpc) is 2.44. The number of nitrogens with zero attached hydrogens (tertiary/aromatic N) is 1. The highest BCUT2D eigenvalue weighted by Gasteiger charge is 2.20. The van der Waals surface area contributed by atoms with Crippen LogP contribution in [0.2, 0.25) is 0 Å². The SMILES string of the molecule is CCC(C)n1c2c(cc(CNC(C)C)c1=O)CCCC2. The van der Waals surface area contributed by atoms with Gasteiger partial charge in [-0.2, -0.15) is 0 Å². The second-order valence-electron chi connectivity index (χ2n) is 6.32. The van der Waals surface area contributed by atoms with Crippen molar-refractivity contribution in [2.75, 3.05) is 0 Å². The van der Waals surface area contributed by atoms with Crippen LogP contribution in [0.1, 0.15) is 69.8 Å². The van der Waals surface area contributed by atoms with Crippen molar-refractivity contribution < 1.29 is 0 Å². The zero-order valence-corrected chi connectivity index (χ0v) is 13.3. The van der Waals surface area contributed by atoms with Crippen LogP contribution < -0.4 is 10.9 Å². The van der Waals surface area contributed by atoms with Crippen molar-refractivity contribution in [1.82, 2.24) is 9.88 Å². The molecule has 1 aliphatic rings. The molecule has 1 aliphatic carbocycles. The molecule has 3 heteroatoms. The van der Waals surface area contributed by atoms with Crippen molar-refractivity contribution in [2.45, 2.75) is 78.4 Å². The minimum Gasteiger partial charge on any atom is -0.310 e. The van der Waals surface area contributed by atoms with E-state index in [-0.39, 0.29) is 5.56 Å². The van der Waals surface area contributed by atoms with Gasteiger partial charge in [-0.05, 0) is 50.7 Å². The van der Waals surface area contributed by atoms with Gasteiger partial charge in [0.25, 0.3) is 5.56 Å². The van der Waals surface area contributed by atoms with Gasteiger partial charge in [0.15, 0.2) is 0 Å². The minimum atomic E-state index is 0.216. The molecule has 3 nitrogen and oxygen atoms in total. The highest BCUT2D eigenvalue weighted by Crippen LogP contribution is 2.24. The molecule has 0 fully saturated rings. The zero-order valence-electron chi connectivity index (χ0n) is 13.3. The summed E-state index contributed by atoms with van der Waals surface area (Å²) in [6.07, 6.45) is 5.66. The Morgan fingerprint density at radius 2 is 1.95 bits per heavy atom. The predicted octanol–water partition coefficient (Wildman–Crippen LogP) is 3.20. The molecule has 0 aliphatic heterocycles. The molecule has 0 radical (unpaired) electrons. The largest absolute Gasteiger partial charge is 0.310 e. The Balaban J connectivity index is 2.46. The number of hydrogen-bond donors (Lipinski definition) is 1. The van der Waals surface area contributed by atoms with Gasteiger partial charge >= 0.3 is 0 Å². The molecular formula is C17H28N2O. The van der Waals surface area contributed by atoms with Gasteiger partial charge in [0, 0.05) is 29.9 Å². The standard InChI is InChI=1S/C17H28N2O/c1-5-13(4)19-16-9-7-6-8-14(16)10-15(17(19)20)11-18-12(2)3/h10,12-13,18H,5-9,11H2,1-4H3. The van der Waals surface area contributed by atoms with Crippen LogP contribution in [-0.2, 0) is 19.4 Å². The number of pyridine rings is 1. The Kier molecular flexibility index (Phi) is 5.03. The van der Waals surface area contributed by atoms with Gasteiger partial charge in [0.1, 0.15) is 0 Å². The molecule has 2 rings (SSSR count). The van der Waals surface area contributed by atoms with Crippen LogP contribution in [0, 0.1) is 0 Å². The second-order valence-corrected chi connectivity index (χ2v) is 6.32. The van der Waals surface area contributed by atoms with Crippen molar-refractivity contribution >= 4 is 0 Å². The lowest BCUT2D eigenvalue weighted by Gasteiger charge is -2.26. The lowest BCUT2D eigenvalue weighted by atomic mass is 9.93. The van der Waals surface area contributed by atoms with E-state index in [9.17, 15) is 4.79 Å². The molecule has 0 aromatic carbocycles. The molecule has 1 heterocycles. The Bertz CT molecular complexity index is 516. The molecule has 1 N–H and O–H groups in total. The predicted molar refractivity (Wildman–Crippen MR) is 84.3 cm³/mol. The summed E-state index contributed by atoms with van der Waals surface area (Å²) in [5.41, 5.74) is 3.84. The molecular weight excluding hydrogens is 248 g/mol. The summed E-state index contributed by atoms with van der Waals surface area (Å²) in [4.78, 5) is 12.8. The number of rotatable bonds is 5. The number of fused-ring (bicyclic) bond motifs is 1. The number of aryl methyl sites for hydroxylation is 1. The van der Waals surface area contributed by atoms with Crippen LogP contribution in [0.15, 0.2) is 10.9 Å². The van der Waals surface area contributed by atoms with Gasteiger partial charge in [-0.25, -0.2) is 0 Å². The maximum Gasteiger partial charge on any atom is 0.255 e. The molecule has 0 saturated carbocycles. The average molecular weight is 276 g/mol. The summed E-state index contributed by atoms with van der Waals surface area (Å²) < 4.78 is 2.08. The summed E-state index contributed by atoms with van der Waals surface area (Å²) in [6, 6.07) is 2.86. The fourth-order valence-electron chi connectivity index (χ4n) is 2.98. The van der Waals surface area contributed by atoms with Crippen LogP contribution in [0.25, 0.3) is 0 Å². The van der Waals surface area contributed by atoms with E-state index >= 15 is 0 Å². The van der Waals surface area contributed by atoms with Crippen molar-refractivity contribution in [1.29, 1.82) is 0 Å². The highest BCUT2D eigenvalue weighted by molar-refractivity contribution is 5.29. The van der Waals surface area contributed by atoms with Crippen LogP contribution >= 0.6 is 0 Å². The van der Waals surface area contributed by atoms with Gasteiger partial charge in [0.05, 0.1) is 0 Å². The van der Waals surface area contributed by atoms with Crippen LogP contribution in [0.5, 0.6) is 0 Å². The Morgan fingerprint density at radius 3 is 2.60 bits per heavy atom. The molecule has 1 aromatic rings. The minimum absolute atomic E-state index is 0.216. The van der Waals surface area contributed by atoms with Crippen molar-refractivity contribution in [3.8, 4) is 0 Å². The molecule has 0 amide bonds. The Labute approximate surface area is 122 Å². The number of hydrogen-bond acceptors (Lipinski definition) is 2. The van der Waals surface area contributed by atoms with E-state index < -0.39 is 0 Å². The third kappa shape index (κ3) is 3.14. The van der Waals surface area contributed by atoms with Gasteiger partial charge in [0.2, 0.25) is 0 Å². The smallest absolute Gasteiger partial charge is 0.255 e. The topological polar surface area (TPSA) is 34.0 Å². The van der Waals surface area contributed by atoms with E-state index in [1.165, 1.54) is 24.1 Å². The summed E-state index contributed by atoms with van der Waals surface area (Å²) in [5, 5.41) is 3.38. The third-order valence-corrected chi connectivity index (χ3v) is 4.35. The summed E-state index contributed by atoms with van der Waals surface area (Å²) in [7, 11) is 0. The first-order valence-corrected chi connectivity index (χ1v) is 8.04. The Morgan fingerprint density at radius 1 is 1.25 bits per heavy atom. The van der Waals surface area contributed by atoms with Crippen LogP contribution in [-0.4, -0.2) is 10.6 Å². The van der Waals surface area contributed by atoms with E-state index in [1.54, 1.807) is 0 Å². The van der Waals surface area contributed by atoms with Crippen LogP contribution in [0.3, 0.4) is 0 Å². The van der Waals surface area contributed by atoms with Crippen molar-refractivity contribution in [3.05, 3.63) is 33.2 Å². The third-order valence-electron chi connectivity index (χ3n) is 4.35. The van der Waals surface area contributed by atoms with E-state index in [2.05, 4.69) is 43.6 Å². The maximum atomic E-state index is 12.8. The number of aromatic nitrogens is 1. The molecule has 1 unspecified atom stereocenters. The first kappa shape index (κ1) is 15.3. The van der Waals surface area contributed by atoms with E-state index in [4.69, 9.17) is 0 Å². The van der Waals surface area contributed by atoms with E-state index in [0.717, 1.165) is 24.8 Å². The first-order chi connectivity index (χ1) is 9.54. The Hall–Kier alpha value is -1.09. The first-order valence-electron chi connectivity index (χ1n) is 8.04. The maximum absolute atomic E-state index is 12.8. The fraction of sp³-hybridized carbons (Fsp3) is 0.706. The summed E-state index contributed by atoms with van der Waals surface area (Å²) in [5.74, 6) is 0. The molecule has 0 spiro atoms. The highest BCUT2D eigenvalue weighted by atomic mass is 16.1. The van der Waals surface area contributed by atoms with Crippen LogP contribution in [0.4, 0.5) is 0 Å². The molecule has 0 bridgehead atoms. The van der Waals surface area contributed by atoms with Crippen molar-refractivity contribution in [3.63, 3.8) is 0 Å². The molecule has 20 heavy (non-hydrogen) atoms.